The van der Waals surface area contributed by atoms with Crippen LogP contribution in [0.25, 0.3) is 11.0 Å². The van der Waals surface area contributed by atoms with Crippen LogP contribution in [0.2, 0.25) is 5.02 Å². The van der Waals surface area contributed by atoms with E-state index in [4.69, 9.17) is 11.6 Å². The predicted molar refractivity (Wildman–Crippen MR) is 81.6 cm³/mol. The van der Waals surface area contributed by atoms with Crippen LogP contribution in [0.15, 0.2) is 53.7 Å². The van der Waals surface area contributed by atoms with E-state index >= 15 is 0 Å². The van der Waals surface area contributed by atoms with Gasteiger partial charge in [-0.3, -0.25) is 0 Å². The minimum Gasteiger partial charge on any atom is -0.345 e. The number of benzene rings is 2. The Balaban J connectivity index is 1.81. The second-order valence-electron chi connectivity index (χ2n) is 4.51. The molecule has 2 N–H and O–H groups in total. The average Bonchev–Trinajstić information content (AvgIpc) is 2.93. The summed E-state index contributed by atoms with van der Waals surface area (Å²) in [4.78, 5) is 7.18. The van der Waals surface area contributed by atoms with E-state index in [1.807, 2.05) is 18.2 Å². The Morgan fingerprint density at radius 1 is 1.19 bits per heavy atom. The molecule has 0 aliphatic heterocycles. The zero-order valence-corrected chi connectivity index (χ0v) is 12.4. The number of aromatic amines is 1. The van der Waals surface area contributed by atoms with Crippen LogP contribution >= 0.6 is 11.6 Å². The van der Waals surface area contributed by atoms with E-state index in [0.29, 0.717) is 0 Å². The van der Waals surface area contributed by atoms with Gasteiger partial charge in [0.2, 0.25) is 10.0 Å². The zero-order valence-electron chi connectivity index (χ0n) is 10.9. The second-order valence-corrected chi connectivity index (χ2v) is 6.65. The maximum Gasteiger partial charge on any atom is 0.242 e. The number of halogens is 1. The molecule has 7 heteroatoms. The van der Waals surface area contributed by atoms with Crippen LogP contribution in [0, 0.1) is 0 Å². The number of hydrogen-bond donors (Lipinski definition) is 2. The Morgan fingerprint density at radius 2 is 2.00 bits per heavy atom. The number of rotatable bonds is 4. The van der Waals surface area contributed by atoms with Crippen LogP contribution in [0.1, 0.15) is 5.56 Å². The van der Waals surface area contributed by atoms with Crippen LogP contribution in [0.3, 0.4) is 0 Å². The van der Waals surface area contributed by atoms with Crippen molar-refractivity contribution >= 4 is 32.7 Å². The summed E-state index contributed by atoms with van der Waals surface area (Å²) in [7, 11) is -3.64. The fourth-order valence-electron chi connectivity index (χ4n) is 2.01. The molecule has 0 aliphatic rings. The standard InChI is InChI=1S/C14H12ClN3O2S/c15-11-3-1-2-4-14(11)21(19,20)18-8-10-5-6-12-13(7-10)17-9-16-12/h1-7,9,18H,8H2,(H,16,17). The van der Waals surface area contributed by atoms with E-state index in [0.717, 1.165) is 16.6 Å². The number of nitrogens with zero attached hydrogens (tertiary/aromatic N) is 1. The molecule has 2 aromatic carbocycles. The van der Waals surface area contributed by atoms with Gasteiger partial charge in [-0.05, 0) is 29.8 Å². The summed E-state index contributed by atoms with van der Waals surface area (Å²) in [5.41, 5.74) is 2.54. The lowest BCUT2D eigenvalue weighted by Crippen LogP contribution is -2.23. The van der Waals surface area contributed by atoms with Gasteiger partial charge in [-0.2, -0.15) is 0 Å². The molecule has 0 radical (unpaired) electrons. The molecule has 1 heterocycles. The molecule has 1 aromatic heterocycles. The summed E-state index contributed by atoms with van der Waals surface area (Å²) in [6.45, 7) is 0.183. The number of sulfonamides is 1. The summed E-state index contributed by atoms with van der Waals surface area (Å²) < 4.78 is 27.0. The first-order valence-corrected chi connectivity index (χ1v) is 8.08. The van der Waals surface area contributed by atoms with Crippen LogP contribution in [0.5, 0.6) is 0 Å². The van der Waals surface area contributed by atoms with Crippen molar-refractivity contribution in [1.29, 1.82) is 0 Å². The van der Waals surface area contributed by atoms with Crippen molar-refractivity contribution < 1.29 is 8.42 Å². The van der Waals surface area contributed by atoms with E-state index in [1.54, 1.807) is 24.5 Å². The van der Waals surface area contributed by atoms with E-state index in [1.165, 1.54) is 6.07 Å². The first-order valence-electron chi connectivity index (χ1n) is 6.22. The quantitative estimate of drug-likeness (QED) is 0.775. The molecule has 21 heavy (non-hydrogen) atoms. The molecular weight excluding hydrogens is 310 g/mol. The highest BCUT2D eigenvalue weighted by Gasteiger charge is 2.16. The van der Waals surface area contributed by atoms with Gasteiger partial charge in [-0.25, -0.2) is 18.1 Å². The van der Waals surface area contributed by atoms with Gasteiger partial charge in [0.05, 0.1) is 22.4 Å². The molecular formula is C14H12ClN3O2S. The Bertz CT molecular complexity index is 890. The second kappa shape index (κ2) is 5.48. The fourth-order valence-corrected chi connectivity index (χ4v) is 3.55. The molecule has 5 nitrogen and oxygen atoms in total. The van der Waals surface area contributed by atoms with Crippen molar-refractivity contribution in [2.45, 2.75) is 11.4 Å². The van der Waals surface area contributed by atoms with Gasteiger partial charge < -0.3 is 4.98 Å². The molecule has 3 aromatic rings. The maximum atomic E-state index is 12.2. The minimum atomic E-state index is -3.64. The largest absolute Gasteiger partial charge is 0.345 e. The third-order valence-corrected chi connectivity index (χ3v) is 4.98. The lowest BCUT2D eigenvalue weighted by atomic mass is 10.2. The van der Waals surface area contributed by atoms with Crippen LogP contribution < -0.4 is 4.72 Å². The molecule has 0 amide bonds. The number of fused-ring (bicyclic) bond motifs is 1. The summed E-state index contributed by atoms with van der Waals surface area (Å²) in [6, 6.07) is 11.9. The van der Waals surface area contributed by atoms with Crippen LogP contribution in [-0.4, -0.2) is 18.4 Å². The molecule has 0 unspecified atom stereocenters. The van der Waals surface area contributed by atoms with Crippen molar-refractivity contribution in [1.82, 2.24) is 14.7 Å². The SMILES string of the molecule is O=S(=O)(NCc1ccc2nc[nH]c2c1)c1ccccc1Cl. The Kier molecular flexibility index (Phi) is 3.67. The van der Waals surface area contributed by atoms with E-state index in [2.05, 4.69) is 14.7 Å². The van der Waals surface area contributed by atoms with Gasteiger partial charge in [0.25, 0.3) is 0 Å². The van der Waals surface area contributed by atoms with Crippen molar-refractivity contribution in [3.63, 3.8) is 0 Å². The summed E-state index contributed by atoms with van der Waals surface area (Å²) in [5, 5.41) is 0.203. The first kappa shape index (κ1) is 14.1. The Labute approximate surface area is 127 Å². The van der Waals surface area contributed by atoms with Gasteiger partial charge >= 0.3 is 0 Å². The fraction of sp³-hybridized carbons (Fsp3) is 0.0714. The number of nitrogens with one attached hydrogen (secondary N) is 2. The van der Waals surface area contributed by atoms with Crippen molar-refractivity contribution in [3.05, 3.63) is 59.4 Å². The highest BCUT2D eigenvalue weighted by Crippen LogP contribution is 2.20. The molecule has 108 valence electrons. The van der Waals surface area contributed by atoms with Gasteiger partial charge in [-0.1, -0.05) is 29.8 Å². The van der Waals surface area contributed by atoms with Crippen LogP contribution in [-0.2, 0) is 16.6 Å². The number of aromatic nitrogens is 2. The summed E-state index contributed by atoms with van der Waals surface area (Å²) >= 11 is 5.92. The van der Waals surface area contributed by atoms with Gasteiger partial charge in [0.15, 0.2) is 0 Å². The molecule has 0 aliphatic carbocycles. The third-order valence-electron chi connectivity index (χ3n) is 3.08. The topological polar surface area (TPSA) is 74.8 Å². The lowest BCUT2D eigenvalue weighted by Gasteiger charge is -2.08. The molecule has 3 rings (SSSR count). The van der Waals surface area contributed by atoms with Crippen molar-refractivity contribution in [2.24, 2.45) is 0 Å². The third kappa shape index (κ3) is 2.92. The van der Waals surface area contributed by atoms with E-state index < -0.39 is 10.0 Å². The lowest BCUT2D eigenvalue weighted by molar-refractivity contribution is 0.581. The van der Waals surface area contributed by atoms with Gasteiger partial charge in [0.1, 0.15) is 4.90 Å². The monoisotopic (exact) mass is 321 g/mol. The maximum absolute atomic E-state index is 12.2. The minimum absolute atomic E-state index is 0.0780. The predicted octanol–water partition coefficient (Wildman–Crippen LogP) is 2.69. The number of imidazole rings is 1. The summed E-state index contributed by atoms with van der Waals surface area (Å²) in [5.74, 6) is 0. The highest BCUT2D eigenvalue weighted by molar-refractivity contribution is 7.89. The smallest absolute Gasteiger partial charge is 0.242 e. The molecule has 0 saturated carbocycles. The normalized spacial score (nSPS) is 11.9. The van der Waals surface area contributed by atoms with Crippen LogP contribution in [0.4, 0.5) is 0 Å². The molecule has 0 atom stereocenters. The number of H-pyrrole nitrogens is 1. The molecule has 0 bridgehead atoms. The average molecular weight is 322 g/mol. The van der Waals surface area contributed by atoms with E-state index in [-0.39, 0.29) is 16.5 Å². The van der Waals surface area contributed by atoms with Gasteiger partial charge in [-0.15, -0.1) is 0 Å². The Hall–Kier alpha value is -1.89. The van der Waals surface area contributed by atoms with Gasteiger partial charge in [0, 0.05) is 6.54 Å². The summed E-state index contributed by atoms with van der Waals surface area (Å²) in [6.07, 6.45) is 1.60. The number of hydrogen-bond acceptors (Lipinski definition) is 3. The Morgan fingerprint density at radius 3 is 2.81 bits per heavy atom. The molecule has 0 saturated heterocycles. The van der Waals surface area contributed by atoms with Crippen molar-refractivity contribution in [2.75, 3.05) is 0 Å². The highest BCUT2D eigenvalue weighted by atomic mass is 35.5. The first-order chi connectivity index (χ1) is 10.1. The van der Waals surface area contributed by atoms with E-state index in [9.17, 15) is 8.42 Å². The molecule has 0 fully saturated rings. The van der Waals surface area contributed by atoms with Crippen molar-refractivity contribution in [3.8, 4) is 0 Å². The molecule has 0 spiro atoms. The zero-order chi connectivity index (χ0) is 14.9.